The maximum absolute atomic E-state index is 11.8. The van der Waals surface area contributed by atoms with Crippen molar-refractivity contribution in [1.82, 2.24) is 0 Å². The first-order chi connectivity index (χ1) is 8.61. The first-order valence-electron chi connectivity index (χ1n) is 7.78. The highest BCUT2D eigenvalue weighted by Crippen LogP contribution is 2.15. The standard InChI is InChI=1S/C16H32O2/c1-5-7-12-15(6-2)16(17)18-13-10-8-9-11-14(3)4/h14-15H,5-13H2,1-4H3/t15-/m1/s1. The fraction of sp³-hybridized carbons (Fsp3) is 0.938. The summed E-state index contributed by atoms with van der Waals surface area (Å²) in [6.45, 7) is 9.34. The van der Waals surface area contributed by atoms with Crippen LogP contribution >= 0.6 is 0 Å². The van der Waals surface area contributed by atoms with E-state index >= 15 is 0 Å². The summed E-state index contributed by atoms with van der Waals surface area (Å²) in [5.74, 6) is 0.932. The van der Waals surface area contributed by atoms with Crippen LogP contribution in [0, 0.1) is 11.8 Å². The van der Waals surface area contributed by atoms with Gasteiger partial charge in [0.1, 0.15) is 0 Å². The Bertz CT molecular complexity index is 199. The number of rotatable bonds is 11. The average molecular weight is 256 g/mol. The van der Waals surface area contributed by atoms with Crippen LogP contribution in [0.4, 0.5) is 0 Å². The second-order valence-electron chi connectivity index (χ2n) is 5.66. The molecule has 0 aliphatic rings. The number of hydrogen-bond acceptors (Lipinski definition) is 2. The van der Waals surface area contributed by atoms with Gasteiger partial charge in [-0.25, -0.2) is 0 Å². The Morgan fingerprint density at radius 3 is 2.28 bits per heavy atom. The third-order valence-electron chi connectivity index (χ3n) is 3.40. The van der Waals surface area contributed by atoms with Crippen molar-refractivity contribution in [2.75, 3.05) is 6.61 Å². The van der Waals surface area contributed by atoms with E-state index in [1.54, 1.807) is 0 Å². The van der Waals surface area contributed by atoms with E-state index in [1.807, 2.05) is 0 Å². The largest absolute Gasteiger partial charge is 0.465 e. The second-order valence-corrected chi connectivity index (χ2v) is 5.66. The van der Waals surface area contributed by atoms with Crippen LogP contribution in [0.2, 0.25) is 0 Å². The smallest absolute Gasteiger partial charge is 0.308 e. The molecule has 0 aromatic heterocycles. The van der Waals surface area contributed by atoms with Gasteiger partial charge >= 0.3 is 5.97 Å². The van der Waals surface area contributed by atoms with E-state index < -0.39 is 0 Å². The molecule has 0 N–H and O–H groups in total. The fourth-order valence-corrected chi connectivity index (χ4v) is 2.06. The molecule has 0 amide bonds. The molecule has 0 aliphatic carbocycles. The van der Waals surface area contributed by atoms with E-state index in [4.69, 9.17) is 4.74 Å². The molecule has 0 aromatic rings. The number of unbranched alkanes of at least 4 members (excludes halogenated alkanes) is 3. The van der Waals surface area contributed by atoms with Crippen LogP contribution in [0.15, 0.2) is 0 Å². The lowest BCUT2D eigenvalue weighted by Crippen LogP contribution is -2.17. The SMILES string of the molecule is CCCC[C@@H](CC)C(=O)OCCCCCC(C)C. The minimum absolute atomic E-state index is 0.0230. The van der Waals surface area contributed by atoms with E-state index in [0.29, 0.717) is 6.61 Å². The second kappa shape index (κ2) is 11.6. The molecule has 2 nitrogen and oxygen atoms in total. The van der Waals surface area contributed by atoms with Gasteiger partial charge in [0, 0.05) is 0 Å². The molecule has 0 aromatic carbocycles. The predicted octanol–water partition coefficient (Wildman–Crippen LogP) is 4.96. The molecule has 0 heterocycles. The van der Waals surface area contributed by atoms with E-state index in [9.17, 15) is 4.79 Å². The van der Waals surface area contributed by atoms with Gasteiger partial charge in [-0.05, 0) is 25.2 Å². The van der Waals surface area contributed by atoms with Gasteiger partial charge in [-0.3, -0.25) is 4.79 Å². The van der Waals surface area contributed by atoms with E-state index in [1.165, 1.54) is 19.3 Å². The third-order valence-corrected chi connectivity index (χ3v) is 3.40. The van der Waals surface area contributed by atoms with E-state index in [0.717, 1.165) is 38.0 Å². The van der Waals surface area contributed by atoms with Gasteiger partial charge in [0.25, 0.3) is 0 Å². The van der Waals surface area contributed by atoms with Crippen LogP contribution < -0.4 is 0 Å². The molecule has 0 bridgehead atoms. The van der Waals surface area contributed by atoms with Crippen LogP contribution in [-0.4, -0.2) is 12.6 Å². The highest BCUT2D eigenvalue weighted by Gasteiger charge is 2.16. The lowest BCUT2D eigenvalue weighted by Gasteiger charge is -2.13. The molecule has 0 saturated heterocycles. The van der Waals surface area contributed by atoms with Crippen molar-refractivity contribution in [3.63, 3.8) is 0 Å². The van der Waals surface area contributed by atoms with Crippen molar-refractivity contribution in [2.24, 2.45) is 11.8 Å². The molecule has 0 unspecified atom stereocenters. The maximum atomic E-state index is 11.8. The monoisotopic (exact) mass is 256 g/mol. The minimum atomic E-state index is 0.0230. The summed E-state index contributed by atoms with van der Waals surface area (Å²) >= 11 is 0. The van der Waals surface area contributed by atoms with E-state index in [2.05, 4.69) is 27.7 Å². The topological polar surface area (TPSA) is 26.3 Å². The van der Waals surface area contributed by atoms with Crippen LogP contribution in [0.5, 0.6) is 0 Å². The number of carbonyl (C=O) groups is 1. The molecule has 0 saturated carbocycles. The molecule has 0 rings (SSSR count). The zero-order valence-corrected chi connectivity index (χ0v) is 12.8. The Morgan fingerprint density at radius 2 is 1.72 bits per heavy atom. The number of hydrogen-bond donors (Lipinski definition) is 0. The summed E-state index contributed by atoms with van der Waals surface area (Å²) in [7, 11) is 0. The molecule has 2 heteroatoms. The maximum Gasteiger partial charge on any atom is 0.308 e. The van der Waals surface area contributed by atoms with Gasteiger partial charge in [0.05, 0.1) is 12.5 Å². The number of esters is 1. The van der Waals surface area contributed by atoms with Gasteiger partial charge in [0.2, 0.25) is 0 Å². The molecule has 0 aliphatic heterocycles. The van der Waals surface area contributed by atoms with Gasteiger partial charge in [-0.15, -0.1) is 0 Å². The van der Waals surface area contributed by atoms with Crippen LogP contribution in [0.1, 0.15) is 79.1 Å². The van der Waals surface area contributed by atoms with Crippen LogP contribution in [0.25, 0.3) is 0 Å². The van der Waals surface area contributed by atoms with Crippen LogP contribution in [-0.2, 0) is 9.53 Å². The van der Waals surface area contributed by atoms with Crippen molar-refractivity contribution in [2.45, 2.75) is 79.1 Å². The van der Waals surface area contributed by atoms with Gasteiger partial charge in [0.15, 0.2) is 0 Å². The quantitative estimate of drug-likeness (QED) is 0.385. The minimum Gasteiger partial charge on any atom is -0.465 e. The molecular weight excluding hydrogens is 224 g/mol. The van der Waals surface area contributed by atoms with Gasteiger partial charge in [-0.1, -0.05) is 59.8 Å². The van der Waals surface area contributed by atoms with Gasteiger partial charge in [-0.2, -0.15) is 0 Å². The fourth-order valence-electron chi connectivity index (χ4n) is 2.06. The van der Waals surface area contributed by atoms with Crippen molar-refractivity contribution in [3.05, 3.63) is 0 Å². The Balaban J connectivity index is 3.55. The molecule has 0 spiro atoms. The lowest BCUT2D eigenvalue weighted by molar-refractivity contribution is -0.149. The Labute approximate surface area is 113 Å². The summed E-state index contributed by atoms with van der Waals surface area (Å²) in [5, 5.41) is 0. The van der Waals surface area contributed by atoms with E-state index in [-0.39, 0.29) is 11.9 Å². The molecule has 1 atom stereocenters. The number of carbonyl (C=O) groups excluding carboxylic acids is 1. The Hall–Kier alpha value is -0.530. The molecule has 108 valence electrons. The summed E-state index contributed by atoms with van der Waals surface area (Å²) < 4.78 is 5.36. The third kappa shape index (κ3) is 9.49. The van der Waals surface area contributed by atoms with Crippen molar-refractivity contribution in [3.8, 4) is 0 Å². The molecule has 0 fully saturated rings. The van der Waals surface area contributed by atoms with Crippen molar-refractivity contribution < 1.29 is 9.53 Å². The first kappa shape index (κ1) is 17.5. The highest BCUT2D eigenvalue weighted by molar-refractivity contribution is 5.72. The average Bonchev–Trinajstić information content (AvgIpc) is 2.34. The molecular formula is C16H32O2. The zero-order valence-electron chi connectivity index (χ0n) is 12.8. The first-order valence-corrected chi connectivity index (χ1v) is 7.78. The molecule has 18 heavy (non-hydrogen) atoms. The Morgan fingerprint density at radius 1 is 1.00 bits per heavy atom. The summed E-state index contributed by atoms with van der Waals surface area (Å²) in [5.41, 5.74) is 0. The summed E-state index contributed by atoms with van der Waals surface area (Å²) in [6, 6.07) is 0. The normalized spacial score (nSPS) is 12.7. The lowest BCUT2D eigenvalue weighted by atomic mass is 10.00. The van der Waals surface area contributed by atoms with Crippen molar-refractivity contribution >= 4 is 5.97 Å². The Kier molecular flexibility index (Phi) is 11.2. The van der Waals surface area contributed by atoms with Crippen molar-refractivity contribution in [1.29, 1.82) is 0 Å². The van der Waals surface area contributed by atoms with Crippen LogP contribution in [0.3, 0.4) is 0 Å². The molecule has 0 radical (unpaired) electrons. The summed E-state index contributed by atoms with van der Waals surface area (Å²) in [4.78, 5) is 11.8. The number of ether oxygens (including phenoxy) is 1. The summed E-state index contributed by atoms with van der Waals surface area (Å²) in [6.07, 6.45) is 8.90. The zero-order chi connectivity index (χ0) is 13.8. The van der Waals surface area contributed by atoms with Gasteiger partial charge < -0.3 is 4.74 Å². The predicted molar refractivity (Wildman–Crippen MR) is 77.6 cm³/mol. The highest BCUT2D eigenvalue weighted by atomic mass is 16.5.